The van der Waals surface area contributed by atoms with Crippen LogP contribution in [-0.2, 0) is 0 Å². The standard InChI is InChI=1S/C8H10O.Cs/c1-6-3-4-7(2)8(9)5-6;/h3-5,9H,1-2H3;/q;+1/p-1. The van der Waals surface area contributed by atoms with Crippen LogP contribution in [0.15, 0.2) is 18.2 Å². The van der Waals surface area contributed by atoms with Crippen LogP contribution in [0.3, 0.4) is 0 Å². The van der Waals surface area contributed by atoms with Crippen LogP contribution < -0.4 is 74.0 Å². The maximum Gasteiger partial charge on any atom is 1.00 e. The van der Waals surface area contributed by atoms with E-state index in [2.05, 4.69) is 0 Å². The molecule has 0 N–H and O–H groups in total. The molecule has 0 amide bonds. The van der Waals surface area contributed by atoms with Gasteiger partial charge in [-0.05, 0) is 13.8 Å². The number of hydrogen-bond donors (Lipinski definition) is 0. The van der Waals surface area contributed by atoms with Crippen LogP contribution in [0, 0.1) is 13.8 Å². The maximum absolute atomic E-state index is 10.8. The van der Waals surface area contributed by atoms with E-state index in [9.17, 15) is 5.11 Å². The molecule has 0 fully saturated rings. The molecule has 0 spiro atoms. The first-order valence-electron chi connectivity index (χ1n) is 2.94. The van der Waals surface area contributed by atoms with Crippen molar-refractivity contribution >= 4 is 0 Å². The van der Waals surface area contributed by atoms with Crippen molar-refractivity contribution in [3.63, 3.8) is 0 Å². The van der Waals surface area contributed by atoms with Crippen LogP contribution in [0.25, 0.3) is 0 Å². The van der Waals surface area contributed by atoms with Gasteiger partial charge in [0.05, 0.1) is 0 Å². The summed E-state index contributed by atoms with van der Waals surface area (Å²) in [5.41, 5.74) is 1.85. The van der Waals surface area contributed by atoms with Gasteiger partial charge in [-0.15, -0.1) is 5.75 Å². The topological polar surface area (TPSA) is 23.1 Å². The van der Waals surface area contributed by atoms with E-state index >= 15 is 0 Å². The predicted octanol–water partition coefficient (Wildman–Crippen LogP) is -1.62. The Morgan fingerprint density at radius 1 is 1.20 bits per heavy atom. The molecular formula is C8H9CsO. The molecule has 1 nitrogen and oxygen atoms in total. The molecule has 1 rings (SSSR count). The van der Waals surface area contributed by atoms with E-state index in [1.807, 2.05) is 26.0 Å². The summed E-state index contributed by atoms with van der Waals surface area (Å²) in [4.78, 5) is 0. The van der Waals surface area contributed by atoms with Crippen LogP contribution in [-0.4, -0.2) is 0 Å². The molecule has 0 saturated heterocycles. The summed E-state index contributed by atoms with van der Waals surface area (Å²) < 4.78 is 0. The smallest absolute Gasteiger partial charge is 0.872 e. The van der Waals surface area contributed by atoms with Crippen molar-refractivity contribution < 1.29 is 74.0 Å². The third kappa shape index (κ3) is 2.99. The van der Waals surface area contributed by atoms with E-state index in [0.29, 0.717) is 0 Å². The van der Waals surface area contributed by atoms with Gasteiger partial charge >= 0.3 is 68.9 Å². The summed E-state index contributed by atoms with van der Waals surface area (Å²) in [6.07, 6.45) is 0. The van der Waals surface area contributed by atoms with Crippen molar-refractivity contribution in [1.82, 2.24) is 0 Å². The monoisotopic (exact) mass is 254 g/mol. The zero-order valence-corrected chi connectivity index (χ0v) is 12.9. The summed E-state index contributed by atoms with van der Waals surface area (Å²) in [5, 5.41) is 10.8. The maximum atomic E-state index is 10.8. The third-order valence-corrected chi connectivity index (χ3v) is 1.34. The molecule has 0 aliphatic carbocycles. The quantitative estimate of drug-likeness (QED) is 0.546. The number of rotatable bonds is 0. The first-order chi connectivity index (χ1) is 4.20. The molecule has 0 heterocycles. The molecule has 0 radical (unpaired) electrons. The van der Waals surface area contributed by atoms with Crippen molar-refractivity contribution in [2.45, 2.75) is 13.8 Å². The molecule has 48 valence electrons. The molecule has 0 aliphatic rings. The van der Waals surface area contributed by atoms with Crippen molar-refractivity contribution in [2.75, 3.05) is 0 Å². The van der Waals surface area contributed by atoms with Crippen LogP contribution in [0.1, 0.15) is 11.1 Å². The van der Waals surface area contributed by atoms with Gasteiger partial charge in [-0.3, -0.25) is 0 Å². The summed E-state index contributed by atoms with van der Waals surface area (Å²) >= 11 is 0. The Bertz CT molecular complexity index is 220. The number of hydrogen-bond acceptors (Lipinski definition) is 1. The minimum atomic E-state index is 0. The molecule has 0 aliphatic heterocycles. The molecule has 1 aromatic carbocycles. The van der Waals surface area contributed by atoms with Crippen LogP contribution in [0.2, 0.25) is 0 Å². The minimum Gasteiger partial charge on any atom is -0.872 e. The molecule has 0 aromatic heterocycles. The average Bonchev–Trinajstić information content (AvgIpc) is 1.80. The van der Waals surface area contributed by atoms with E-state index < -0.39 is 0 Å². The zero-order valence-electron chi connectivity index (χ0n) is 6.64. The van der Waals surface area contributed by atoms with E-state index in [1.54, 1.807) is 6.07 Å². The van der Waals surface area contributed by atoms with Crippen LogP contribution >= 0.6 is 0 Å². The van der Waals surface area contributed by atoms with Gasteiger partial charge in [-0.25, -0.2) is 0 Å². The van der Waals surface area contributed by atoms with Crippen LogP contribution in [0.5, 0.6) is 5.75 Å². The van der Waals surface area contributed by atoms with Gasteiger partial charge < -0.3 is 5.11 Å². The predicted molar refractivity (Wildman–Crippen MR) is 35.4 cm³/mol. The second-order valence-corrected chi connectivity index (χ2v) is 2.27. The average molecular weight is 254 g/mol. The normalized spacial score (nSPS) is 8.60. The number of benzene rings is 1. The zero-order chi connectivity index (χ0) is 6.85. The van der Waals surface area contributed by atoms with Gasteiger partial charge in [0.25, 0.3) is 0 Å². The molecular weight excluding hydrogens is 245 g/mol. The Morgan fingerprint density at radius 3 is 2.20 bits per heavy atom. The Labute approximate surface area is 120 Å². The Morgan fingerprint density at radius 2 is 1.80 bits per heavy atom. The summed E-state index contributed by atoms with van der Waals surface area (Å²) in [6, 6.07) is 5.43. The molecule has 0 saturated carbocycles. The Balaban J connectivity index is 0.000000810. The summed E-state index contributed by atoms with van der Waals surface area (Å²) in [5.74, 6) is 0.134. The second kappa shape index (κ2) is 4.85. The van der Waals surface area contributed by atoms with Crippen molar-refractivity contribution in [3.8, 4) is 5.75 Å². The second-order valence-electron chi connectivity index (χ2n) is 2.27. The van der Waals surface area contributed by atoms with Gasteiger partial charge in [0, 0.05) is 0 Å². The molecule has 0 unspecified atom stereocenters. The molecule has 0 atom stereocenters. The van der Waals surface area contributed by atoms with Crippen LogP contribution in [0.4, 0.5) is 0 Å². The fraction of sp³-hybridized carbons (Fsp3) is 0.250. The van der Waals surface area contributed by atoms with E-state index in [-0.39, 0.29) is 74.6 Å². The van der Waals surface area contributed by atoms with E-state index in [0.717, 1.165) is 11.1 Å². The molecule has 10 heavy (non-hydrogen) atoms. The minimum absolute atomic E-state index is 0. The molecule has 2 heteroatoms. The Hall–Kier alpha value is 1.07. The van der Waals surface area contributed by atoms with Gasteiger partial charge in [0.15, 0.2) is 0 Å². The SMILES string of the molecule is Cc1ccc(C)c([O-])c1.[Cs+]. The van der Waals surface area contributed by atoms with E-state index in [4.69, 9.17) is 0 Å². The van der Waals surface area contributed by atoms with Gasteiger partial charge in [-0.2, -0.15) is 0 Å². The number of aryl methyl sites for hydroxylation is 2. The van der Waals surface area contributed by atoms with Crippen molar-refractivity contribution in [1.29, 1.82) is 0 Å². The fourth-order valence-corrected chi connectivity index (χ4v) is 0.707. The van der Waals surface area contributed by atoms with E-state index in [1.165, 1.54) is 0 Å². The van der Waals surface area contributed by atoms with Gasteiger partial charge in [-0.1, -0.05) is 29.3 Å². The summed E-state index contributed by atoms with van der Waals surface area (Å²) in [7, 11) is 0. The first-order valence-corrected chi connectivity index (χ1v) is 2.94. The third-order valence-electron chi connectivity index (χ3n) is 1.34. The van der Waals surface area contributed by atoms with Crippen molar-refractivity contribution in [3.05, 3.63) is 29.3 Å². The van der Waals surface area contributed by atoms with Gasteiger partial charge in [0.2, 0.25) is 0 Å². The largest absolute Gasteiger partial charge is 1.00 e. The Kier molecular flexibility index (Phi) is 5.37. The van der Waals surface area contributed by atoms with Gasteiger partial charge in [0.1, 0.15) is 0 Å². The molecule has 0 bridgehead atoms. The fourth-order valence-electron chi connectivity index (χ4n) is 0.707. The van der Waals surface area contributed by atoms with Crippen molar-refractivity contribution in [2.24, 2.45) is 0 Å². The summed E-state index contributed by atoms with van der Waals surface area (Å²) in [6.45, 7) is 3.74. The first kappa shape index (κ1) is 11.1. The molecule has 1 aromatic rings.